The lowest BCUT2D eigenvalue weighted by atomic mass is 9.82. The molecule has 1 heterocycles. The Bertz CT molecular complexity index is 2110. The number of halogens is 6. The predicted octanol–water partition coefficient (Wildman–Crippen LogP) is 12.3. The summed E-state index contributed by atoms with van der Waals surface area (Å²) < 4.78 is 83.5. The van der Waals surface area contributed by atoms with E-state index in [0.29, 0.717) is 16.8 Å². The van der Waals surface area contributed by atoms with Crippen molar-refractivity contribution >= 4 is 32.3 Å². The first-order valence-electron chi connectivity index (χ1n) is 15.1. The molecule has 6 aromatic rings. The molecule has 0 fully saturated rings. The van der Waals surface area contributed by atoms with E-state index in [4.69, 9.17) is 0 Å². The standard InChI is InChI=1S/C39H33F6N/c1-36(2,3)33-19-28(18-24-8-6-7-9-31(24)33)35-20-32(34(22-46-35)38(40,41)42)27-13-15-30-26(17-27)12-11-25-16-23(10-14-29(25)30)21-37(4,5)39(43,44)45/h6-20,22H,21H2,1-5H3. The van der Waals surface area contributed by atoms with Gasteiger partial charge in [-0.15, -0.1) is 0 Å². The Labute approximate surface area is 263 Å². The third-order valence-electron chi connectivity index (χ3n) is 8.80. The first-order chi connectivity index (χ1) is 21.4. The van der Waals surface area contributed by atoms with E-state index in [-0.39, 0.29) is 17.4 Å². The molecule has 0 aliphatic carbocycles. The molecule has 0 N–H and O–H groups in total. The van der Waals surface area contributed by atoms with Crippen molar-refractivity contribution in [3.8, 4) is 22.4 Å². The highest BCUT2D eigenvalue weighted by Gasteiger charge is 2.47. The first-order valence-corrected chi connectivity index (χ1v) is 15.1. The fourth-order valence-electron chi connectivity index (χ4n) is 6.17. The predicted molar refractivity (Wildman–Crippen MR) is 175 cm³/mol. The van der Waals surface area contributed by atoms with Crippen LogP contribution in [0.1, 0.15) is 51.3 Å². The molecule has 0 aliphatic heterocycles. The average Bonchev–Trinajstić information content (AvgIpc) is 2.98. The van der Waals surface area contributed by atoms with Crippen LogP contribution >= 0.6 is 0 Å². The molecule has 1 aromatic heterocycles. The molecule has 0 saturated heterocycles. The largest absolute Gasteiger partial charge is 0.418 e. The molecule has 0 radical (unpaired) electrons. The molecule has 0 bridgehead atoms. The van der Waals surface area contributed by atoms with Crippen molar-refractivity contribution in [3.63, 3.8) is 0 Å². The van der Waals surface area contributed by atoms with Gasteiger partial charge in [-0.3, -0.25) is 4.98 Å². The van der Waals surface area contributed by atoms with Crippen LogP contribution in [0, 0.1) is 5.41 Å². The van der Waals surface area contributed by atoms with Gasteiger partial charge in [0.25, 0.3) is 0 Å². The first kappa shape index (κ1) is 31.6. The second-order valence-corrected chi connectivity index (χ2v) is 13.7. The lowest BCUT2D eigenvalue weighted by molar-refractivity contribution is -0.211. The number of benzene rings is 5. The maximum Gasteiger partial charge on any atom is 0.418 e. The molecule has 0 saturated carbocycles. The van der Waals surface area contributed by atoms with Gasteiger partial charge in [-0.1, -0.05) is 101 Å². The van der Waals surface area contributed by atoms with Crippen LogP contribution in [-0.2, 0) is 18.0 Å². The third kappa shape index (κ3) is 5.83. The van der Waals surface area contributed by atoms with Crippen LogP contribution < -0.4 is 0 Å². The zero-order chi connectivity index (χ0) is 33.2. The van der Waals surface area contributed by atoms with Gasteiger partial charge >= 0.3 is 12.4 Å². The molecule has 5 aromatic carbocycles. The Hall–Kier alpha value is -4.39. The van der Waals surface area contributed by atoms with E-state index < -0.39 is 23.3 Å². The fraction of sp³-hybridized carbons (Fsp3) is 0.256. The molecule has 236 valence electrons. The molecule has 1 nitrogen and oxygen atoms in total. The molecule has 46 heavy (non-hydrogen) atoms. The van der Waals surface area contributed by atoms with Crippen molar-refractivity contribution in [1.82, 2.24) is 4.98 Å². The number of fused-ring (bicyclic) bond motifs is 4. The minimum atomic E-state index is -4.63. The van der Waals surface area contributed by atoms with Crippen LogP contribution in [0.25, 0.3) is 54.7 Å². The monoisotopic (exact) mass is 629 g/mol. The van der Waals surface area contributed by atoms with Crippen molar-refractivity contribution in [2.75, 3.05) is 0 Å². The van der Waals surface area contributed by atoms with Crippen LogP contribution in [0.4, 0.5) is 26.3 Å². The zero-order valence-corrected chi connectivity index (χ0v) is 26.2. The number of hydrogen-bond acceptors (Lipinski definition) is 1. The lowest BCUT2D eigenvalue weighted by Gasteiger charge is -2.27. The molecule has 7 heteroatoms. The summed E-state index contributed by atoms with van der Waals surface area (Å²) in [7, 11) is 0. The number of nitrogens with zero attached hydrogens (tertiary/aromatic N) is 1. The third-order valence-corrected chi connectivity index (χ3v) is 8.80. The number of rotatable bonds is 4. The normalized spacial score (nSPS) is 13.2. The van der Waals surface area contributed by atoms with E-state index in [1.807, 2.05) is 36.4 Å². The van der Waals surface area contributed by atoms with E-state index in [9.17, 15) is 26.3 Å². The molecule has 6 rings (SSSR count). The van der Waals surface area contributed by atoms with Crippen LogP contribution in [0.5, 0.6) is 0 Å². The van der Waals surface area contributed by atoms with Gasteiger partial charge in [0, 0.05) is 11.8 Å². The average molecular weight is 630 g/mol. The van der Waals surface area contributed by atoms with Crippen LogP contribution in [0.3, 0.4) is 0 Å². The minimum absolute atomic E-state index is 0.0229. The van der Waals surface area contributed by atoms with Gasteiger partial charge in [0.15, 0.2) is 0 Å². The van der Waals surface area contributed by atoms with E-state index in [0.717, 1.165) is 49.6 Å². The molecule has 0 amide bonds. The number of pyridine rings is 1. The maximum absolute atomic E-state index is 14.3. The SMILES string of the molecule is CC(C)(C)c1cc(-c2cc(-c3ccc4c(ccc5cc(CC(C)(C)C(F)(F)F)ccc54)c3)c(C(F)(F)F)cn2)cc2ccccc12. The van der Waals surface area contributed by atoms with E-state index in [1.54, 1.807) is 48.5 Å². The number of alkyl halides is 6. The van der Waals surface area contributed by atoms with Crippen molar-refractivity contribution < 1.29 is 26.3 Å². The van der Waals surface area contributed by atoms with Crippen LogP contribution in [0.2, 0.25) is 0 Å². The Morgan fingerprint density at radius 2 is 1.17 bits per heavy atom. The van der Waals surface area contributed by atoms with E-state index in [1.165, 1.54) is 19.9 Å². The maximum atomic E-state index is 14.3. The molecule has 0 aliphatic rings. The van der Waals surface area contributed by atoms with Gasteiger partial charge in [0.1, 0.15) is 0 Å². The second-order valence-electron chi connectivity index (χ2n) is 13.7. The molecule has 0 spiro atoms. The van der Waals surface area contributed by atoms with Gasteiger partial charge < -0.3 is 0 Å². The smallest absolute Gasteiger partial charge is 0.256 e. The number of hydrogen-bond donors (Lipinski definition) is 0. The van der Waals surface area contributed by atoms with Crippen molar-refractivity contribution in [3.05, 3.63) is 114 Å². The van der Waals surface area contributed by atoms with Crippen LogP contribution in [-0.4, -0.2) is 11.2 Å². The summed E-state index contributed by atoms with van der Waals surface area (Å²) in [6.07, 6.45) is -8.22. The van der Waals surface area contributed by atoms with Crippen molar-refractivity contribution in [2.45, 2.75) is 58.8 Å². The Balaban J connectivity index is 1.46. The quantitative estimate of drug-likeness (QED) is 0.140. The van der Waals surface area contributed by atoms with Gasteiger partial charge in [0.2, 0.25) is 0 Å². The fourth-order valence-corrected chi connectivity index (χ4v) is 6.17. The van der Waals surface area contributed by atoms with E-state index >= 15 is 0 Å². The summed E-state index contributed by atoms with van der Waals surface area (Å²) in [5.74, 6) is 0. The Morgan fingerprint density at radius 1 is 0.565 bits per heavy atom. The van der Waals surface area contributed by atoms with Gasteiger partial charge in [-0.25, -0.2) is 0 Å². The van der Waals surface area contributed by atoms with Crippen molar-refractivity contribution in [2.24, 2.45) is 5.41 Å². The van der Waals surface area contributed by atoms with Gasteiger partial charge in [-0.2, -0.15) is 26.3 Å². The van der Waals surface area contributed by atoms with Crippen LogP contribution in [0.15, 0.2) is 97.2 Å². The highest BCUT2D eigenvalue weighted by atomic mass is 19.4. The summed E-state index contributed by atoms with van der Waals surface area (Å²) in [6, 6.07) is 27.4. The van der Waals surface area contributed by atoms with Crippen molar-refractivity contribution in [1.29, 1.82) is 0 Å². The van der Waals surface area contributed by atoms with Gasteiger partial charge in [0.05, 0.1) is 16.7 Å². The Morgan fingerprint density at radius 3 is 1.83 bits per heavy atom. The highest BCUT2D eigenvalue weighted by molar-refractivity contribution is 6.08. The molecule has 0 unspecified atom stereocenters. The lowest BCUT2D eigenvalue weighted by Crippen LogP contribution is -2.34. The topological polar surface area (TPSA) is 12.9 Å². The minimum Gasteiger partial charge on any atom is -0.256 e. The summed E-state index contributed by atoms with van der Waals surface area (Å²) in [5.41, 5.74) is 0.304. The zero-order valence-electron chi connectivity index (χ0n) is 26.2. The molecular formula is C39H33F6N. The summed E-state index contributed by atoms with van der Waals surface area (Å²) >= 11 is 0. The molecular weight excluding hydrogens is 596 g/mol. The van der Waals surface area contributed by atoms with Gasteiger partial charge in [-0.05, 0) is 90.7 Å². The molecule has 0 atom stereocenters. The second kappa shape index (κ2) is 10.9. The summed E-state index contributed by atoms with van der Waals surface area (Å²) in [6.45, 7) is 8.68. The Kier molecular flexibility index (Phi) is 7.45. The highest BCUT2D eigenvalue weighted by Crippen LogP contribution is 2.43. The summed E-state index contributed by atoms with van der Waals surface area (Å²) in [5, 5.41) is 5.18. The summed E-state index contributed by atoms with van der Waals surface area (Å²) in [4.78, 5) is 4.29. The number of aromatic nitrogens is 1. The van der Waals surface area contributed by atoms with E-state index in [2.05, 4.69) is 25.8 Å².